The lowest BCUT2D eigenvalue weighted by Crippen LogP contribution is -1.91. The minimum atomic E-state index is -0.496. The van der Waals surface area contributed by atoms with Crippen molar-refractivity contribution in [2.24, 2.45) is 0 Å². The van der Waals surface area contributed by atoms with Crippen LogP contribution in [0.5, 0.6) is 0 Å². The number of furan rings is 1. The number of hydrogen-bond donors (Lipinski definition) is 0. The van der Waals surface area contributed by atoms with Crippen LogP contribution in [-0.4, -0.2) is 0 Å². The molecule has 0 amide bonds. The van der Waals surface area contributed by atoms with Gasteiger partial charge in [-0.3, -0.25) is 0 Å². The zero-order valence-corrected chi connectivity index (χ0v) is 20.3. The van der Waals surface area contributed by atoms with Gasteiger partial charge in [0.05, 0.1) is 16.4 Å². The molecule has 1 nitrogen and oxygen atoms in total. The van der Waals surface area contributed by atoms with Gasteiger partial charge in [-0.25, -0.2) is 0 Å². The molecule has 0 saturated carbocycles. The Kier molecular flexibility index (Phi) is 2.92. The summed E-state index contributed by atoms with van der Waals surface area (Å²) in [5.41, 5.74) is 2.53. The van der Waals surface area contributed by atoms with E-state index in [1.54, 1.807) is 12.1 Å². The standard InChI is InChI=1S/C38H24O/c1-2-10-25(11-3-1)26-18-20-27(21-19-26)37-31-13-4-6-15-33(31)38(34-16-7-5-14-32(34)37)28-22-23-30-29-12-8-9-17-35(29)39-36(30)24-28/h1-24H/i1D,2D,3D,8D,9D,10D,11D,12D,17D,22D,23D,24D. The van der Waals surface area contributed by atoms with Gasteiger partial charge in [-0.1, -0.05) is 127 Å². The fraction of sp³-hybridized carbons (Fsp3) is 0. The molecular weight excluding hydrogens is 472 g/mol. The molecule has 0 N–H and O–H groups in total. The van der Waals surface area contributed by atoms with E-state index in [2.05, 4.69) is 0 Å². The first-order valence-corrected chi connectivity index (χ1v) is 12.4. The fourth-order valence-corrected chi connectivity index (χ4v) is 5.33. The molecule has 0 spiro atoms. The van der Waals surface area contributed by atoms with Crippen LogP contribution in [0, 0.1) is 0 Å². The van der Waals surface area contributed by atoms with Crippen LogP contribution in [0.4, 0.5) is 0 Å². The van der Waals surface area contributed by atoms with Crippen molar-refractivity contribution in [2.45, 2.75) is 0 Å². The Hall–Kier alpha value is -5.14. The molecule has 8 rings (SSSR count). The maximum absolute atomic E-state index is 9.36. The van der Waals surface area contributed by atoms with Crippen LogP contribution in [0.25, 0.3) is 76.9 Å². The molecule has 1 heterocycles. The van der Waals surface area contributed by atoms with Gasteiger partial charge in [0.1, 0.15) is 11.2 Å². The Morgan fingerprint density at radius 1 is 0.385 bits per heavy atom. The van der Waals surface area contributed by atoms with Crippen molar-refractivity contribution in [2.75, 3.05) is 0 Å². The predicted octanol–water partition coefficient (Wildman–Crippen LogP) is 10.9. The van der Waals surface area contributed by atoms with Gasteiger partial charge >= 0.3 is 0 Å². The highest BCUT2D eigenvalue weighted by Gasteiger charge is 2.17. The second kappa shape index (κ2) is 8.72. The first-order chi connectivity index (χ1) is 24.3. The van der Waals surface area contributed by atoms with Crippen molar-refractivity contribution in [1.82, 2.24) is 0 Å². The Morgan fingerprint density at radius 2 is 0.923 bits per heavy atom. The highest BCUT2D eigenvalue weighted by Crippen LogP contribution is 2.44. The van der Waals surface area contributed by atoms with Crippen molar-refractivity contribution in [3.8, 4) is 33.4 Å². The second-order valence-electron chi connectivity index (χ2n) is 9.18. The number of fused-ring (bicyclic) bond motifs is 5. The van der Waals surface area contributed by atoms with Crippen LogP contribution in [-0.2, 0) is 0 Å². The lowest BCUT2D eigenvalue weighted by Gasteiger charge is -2.18. The zero-order chi connectivity index (χ0) is 36.2. The van der Waals surface area contributed by atoms with Crippen molar-refractivity contribution in [1.29, 1.82) is 0 Å². The summed E-state index contributed by atoms with van der Waals surface area (Å²) in [5.74, 6) is 0. The second-order valence-corrected chi connectivity index (χ2v) is 9.18. The Labute approximate surface area is 243 Å². The molecule has 0 radical (unpaired) electrons. The van der Waals surface area contributed by atoms with Gasteiger partial charge < -0.3 is 4.42 Å². The van der Waals surface area contributed by atoms with Crippen LogP contribution >= 0.6 is 0 Å². The summed E-state index contributed by atoms with van der Waals surface area (Å²) in [4.78, 5) is 0. The lowest BCUT2D eigenvalue weighted by atomic mass is 9.85. The number of rotatable bonds is 3. The molecular formula is C38H24O. The van der Waals surface area contributed by atoms with Gasteiger partial charge in [-0.15, -0.1) is 0 Å². The van der Waals surface area contributed by atoms with Crippen LogP contribution in [0.2, 0.25) is 0 Å². The average molecular weight is 509 g/mol. The van der Waals surface area contributed by atoms with Crippen LogP contribution in [0.1, 0.15) is 16.4 Å². The summed E-state index contributed by atoms with van der Waals surface area (Å²) in [7, 11) is 0. The summed E-state index contributed by atoms with van der Waals surface area (Å²) < 4.78 is 108. The van der Waals surface area contributed by atoms with Crippen LogP contribution in [0.3, 0.4) is 0 Å². The summed E-state index contributed by atoms with van der Waals surface area (Å²) in [6.07, 6.45) is 0. The largest absolute Gasteiger partial charge is 0.456 e. The predicted molar refractivity (Wildman–Crippen MR) is 165 cm³/mol. The third-order valence-electron chi connectivity index (χ3n) is 7.03. The van der Waals surface area contributed by atoms with Crippen molar-refractivity contribution in [3.63, 3.8) is 0 Å². The molecule has 0 unspecified atom stereocenters. The van der Waals surface area contributed by atoms with Crippen molar-refractivity contribution in [3.05, 3.63) is 145 Å². The summed E-state index contributed by atoms with van der Waals surface area (Å²) >= 11 is 0. The summed E-state index contributed by atoms with van der Waals surface area (Å²) in [6.45, 7) is 0. The minimum absolute atomic E-state index is 0.0137. The lowest BCUT2D eigenvalue weighted by molar-refractivity contribution is 0.669. The molecule has 0 aliphatic carbocycles. The molecule has 0 aliphatic rings. The smallest absolute Gasteiger partial charge is 0.136 e. The molecule has 0 saturated heterocycles. The van der Waals surface area contributed by atoms with E-state index >= 15 is 0 Å². The van der Waals surface area contributed by atoms with Gasteiger partial charge in [0.25, 0.3) is 0 Å². The SMILES string of the molecule is [2H]c1c([2H])c([2H])c(-c2ccc(-c3c4ccccc4c(-c4c([2H])c([2H])c5c(oc6c([2H])c([2H])c([2H])c([2H])c65)c4[2H])c4ccccc34)cc2)c([2H])c1[2H]. The maximum Gasteiger partial charge on any atom is 0.136 e. The van der Waals surface area contributed by atoms with E-state index in [4.69, 9.17) is 18.1 Å². The van der Waals surface area contributed by atoms with Gasteiger partial charge in [0, 0.05) is 10.8 Å². The van der Waals surface area contributed by atoms with E-state index in [1.165, 1.54) is 0 Å². The molecule has 1 aromatic heterocycles. The van der Waals surface area contributed by atoms with Crippen molar-refractivity contribution >= 4 is 43.5 Å². The molecule has 0 aliphatic heterocycles. The molecule has 7 aromatic carbocycles. The quantitative estimate of drug-likeness (QED) is 0.216. The first kappa shape index (κ1) is 13.1. The van der Waals surface area contributed by atoms with Gasteiger partial charge in [0.15, 0.2) is 0 Å². The molecule has 0 fully saturated rings. The van der Waals surface area contributed by atoms with Gasteiger partial charge in [-0.05, 0) is 73.1 Å². The van der Waals surface area contributed by atoms with Crippen LogP contribution < -0.4 is 0 Å². The van der Waals surface area contributed by atoms with Gasteiger partial charge in [-0.2, -0.15) is 0 Å². The molecule has 182 valence electrons. The zero-order valence-electron chi connectivity index (χ0n) is 32.3. The molecule has 1 heteroatoms. The summed E-state index contributed by atoms with van der Waals surface area (Å²) in [5, 5.41) is 2.86. The number of hydrogen-bond acceptors (Lipinski definition) is 1. The summed E-state index contributed by atoms with van der Waals surface area (Å²) in [6, 6.07) is 17.6. The first-order valence-electron chi connectivity index (χ1n) is 18.4. The van der Waals surface area contributed by atoms with E-state index in [9.17, 15) is 2.74 Å². The average Bonchev–Trinajstić information content (AvgIpc) is 3.55. The minimum Gasteiger partial charge on any atom is -0.456 e. The maximum atomic E-state index is 9.36. The Bertz CT molecular complexity index is 2740. The Morgan fingerprint density at radius 3 is 1.59 bits per heavy atom. The number of benzene rings is 7. The van der Waals surface area contributed by atoms with E-state index in [0.717, 1.165) is 21.9 Å². The third kappa shape index (κ3) is 3.48. The monoisotopic (exact) mass is 508 g/mol. The van der Waals surface area contributed by atoms with Gasteiger partial charge in [0.2, 0.25) is 0 Å². The van der Waals surface area contributed by atoms with E-state index in [0.29, 0.717) is 21.9 Å². The fourth-order valence-electron chi connectivity index (χ4n) is 5.33. The van der Waals surface area contributed by atoms with E-state index in [-0.39, 0.29) is 63.3 Å². The van der Waals surface area contributed by atoms with E-state index < -0.39 is 42.3 Å². The molecule has 39 heavy (non-hydrogen) atoms. The van der Waals surface area contributed by atoms with E-state index in [1.807, 2.05) is 60.7 Å². The van der Waals surface area contributed by atoms with Crippen LogP contribution in [0.15, 0.2) is 150 Å². The molecule has 0 bridgehead atoms. The normalized spacial score (nSPS) is 15.9. The third-order valence-corrected chi connectivity index (χ3v) is 7.03. The van der Waals surface area contributed by atoms with Crippen molar-refractivity contribution < 1.29 is 20.9 Å². The molecule has 0 atom stereocenters. The topological polar surface area (TPSA) is 13.1 Å². The molecule has 8 aromatic rings. The number of para-hydroxylation sites is 1. The Balaban J connectivity index is 1.42. The highest BCUT2D eigenvalue weighted by molar-refractivity contribution is 6.22. The highest BCUT2D eigenvalue weighted by atomic mass is 16.3.